The number of carbonyl (C=O) groups is 1. The SMILES string of the molecule is O=C(O)C1CCCN1C(c1ccsc1)c1ccccc1Cl. The Labute approximate surface area is 132 Å². The second-order valence-electron chi connectivity index (χ2n) is 5.21. The van der Waals surface area contributed by atoms with Crippen molar-refractivity contribution in [1.29, 1.82) is 0 Å². The fourth-order valence-corrected chi connectivity index (χ4v) is 3.96. The highest BCUT2D eigenvalue weighted by Gasteiger charge is 2.37. The van der Waals surface area contributed by atoms with Crippen molar-refractivity contribution < 1.29 is 9.90 Å². The average Bonchev–Trinajstić information content (AvgIpc) is 3.13. The van der Waals surface area contributed by atoms with Gasteiger partial charge in [-0.3, -0.25) is 9.69 Å². The molecule has 1 aromatic carbocycles. The van der Waals surface area contributed by atoms with Crippen molar-refractivity contribution in [2.45, 2.75) is 24.9 Å². The summed E-state index contributed by atoms with van der Waals surface area (Å²) in [4.78, 5) is 13.6. The van der Waals surface area contributed by atoms with Crippen molar-refractivity contribution >= 4 is 28.9 Å². The van der Waals surface area contributed by atoms with Crippen molar-refractivity contribution in [2.24, 2.45) is 0 Å². The molecule has 1 aliphatic rings. The van der Waals surface area contributed by atoms with E-state index in [9.17, 15) is 9.90 Å². The Morgan fingerprint density at radius 2 is 2.19 bits per heavy atom. The Morgan fingerprint density at radius 3 is 2.86 bits per heavy atom. The summed E-state index contributed by atoms with van der Waals surface area (Å²) in [7, 11) is 0. The van der Waals surface area contributed by atoms with Gasteiger partial charge in [0.25, 0.3) is 0 Å². The highest BCUT2D eigenvalue weighted by atomic mass is 35.5. The maximum atomic E-state index is 11.5. The summed E-state index contributed by atoms with van der Waals surface area (Å²) < 4.78 is 0. The minimum Gasteiger partial charge on any atom is -0.480 e. The van der Waals surface area contributed by atoms with E-state index < -0.39 is 12.0 Å². The van der Waals surface area contributed by atoms with E-state index in [1.807, 2.05) is 29.6 Å². The lowest BCUT2D eigenvalue weighted by Crippen LogP contribution is -2.39. The van der Waals surface area contributed by atoms with E-state index in [4.69, 9.17) is 11.6 Å². The van der Waals surface area contributed by atoms with Gasteiger partial charge in [-0.25, -0.2) is 0 Å². The lowest BCUT2D eigenvalue weighted by atomic mass is 9.98. The number of likely N-dealkylation sites (tertiary alicyclic amines) is 1. The van der Waals surface area contributed by atoms with E-state index in [0.29, 0.717) is 11.4 Å². The Balaban J connectivity index is 2.05. The number of benzene rings is 1. The molecule has 1 saturated heterocycles. The van der Waals surface area contributed by atoms with Crippen LogP contribution >= 0.6 is 22.9 Å². The van der Waals surface area contributed by atoms with Crippen LogP contribution in [0.3, 0.4) is 0 Å². The third kappa shape index (κ3) is 2.84. The van der Waals surface area contributed by atoms with E-state index in [1.54, 1.807) is 11.3 Å². The van der Waals surface area contributed by atoms with Crippen molar-refractivity contribution in [3.05, 3.63) is 57.2 Å². The summed E-state index contributed by atoms with van der Waals surface area (Å²) in [5.41, 5.74) is 2.09. The molecule has 2 heterocycles. The molecule has 0 saturated carbocycles. The molecule has 0 aliphatic carbocycles. The van der Waals surface area contributed by atoms with Gasteiger partial charge in [0.15, 0.2) is 0 Å². The van der Waals surface area contributed by atoms with E-state index >= 15 is 0 Å². The number of rotatable bonds is 4. The molecule has 2 unspecified atom stereocenters. The number of halogens is 1. The van der Waals surface area contributed by atoms with Gasteiger partial charge in [-0.1, -0.05) is 29.8 Å². The first kappa shape index (κ1) is 14.6. The Bertz CT molecular complexity index is 629. The lowest BCUT2D eigenvalue weighted by molar-refractivity contribution is -0.142. The molecule has 1 N–H and O–H groups in total. The molecule has 21 heavy (non-hydrogen) atoms. The highest BCUT2D eigenvalue weighted by molar-refractivity contribution is 7.08. The van der Waals surface area contributed by atoms with Crippen LogP contribution < -0.4 is 0 Å². The number of carboxylic acid groups (broad SMARTS) is 1. The quantitative estimate of drug-likeness (QED) is 0.924. The summed E-state index contributed by atoms with van der Waals surface area (Å²) in [6.45, 7) is 0.780. The minimum atomic E-state index is -0.750. The Morgan fingerprint density at radius 1 is 1.38 bits per heavy atom. The van der Waals surface area contributed by atoms with Crippen LogP contribution in [0, 0.1) is 0 Å². The highest BCUT2D eigenvalue weighted by Crippen LogP contribution is 2.38. The van der Waals surface area contributed by atoms with E-state index in [2.05, 4.69) is 16.3 Å². The number of nitrogens with zero attached hydrogens (tertiary/aromatic N) is 1. The molecule has 0 bridgehead atoms. The van der Waals surface area contributed by atoms with Gasteiger partial charge in [0, 0.05) is 11.6 Å². The van der Waals surface area contributed by atoms with Gasteiger partial charge in [-0.15, -0.1) is 0 Å². The number of aliphatic carboxylic acids is 1. The number of hydrogen-bond donors (Lipinski definition) is 1. The van der Waals surface area contributed by atoms with Crippen LogP contribution in [-0.4, -0.2) is 28.6 Å². The maximum Gasteiger partial charge on any atom is 0.320 e. The summed E-state index contributed by atoms with van der Waals surface area (Å²) in [5, 5.41) is 14.3. The number of hydrogen-bond acceptors (Lipinski definition) is 3. The second kappa shape index (κ2) is 6.18. The second-order valence-corrected chi connectivity index (χ2v) is 6.40. The molecule has 2 aromatic rings. The first-order valence-electron chi connectivity index (χ1n) is 6.93. The molecule has 1 aliphatic heterocycles. The first-order valence-corrected chi connectivity index (χ1v) is 8.25. The largest absolute Gasteiger partial charge is 0.480 e. The molecule has 0 radical (unpaired) electrons. The molecule has 5 heteroatoms. The van der Waals surface area contributed by atoms with Gasteiger partial charge in [0.2, 0.25) is 0 Å². The number of thiophene rings is 1. The van der Waals surface area contributed by atoms with E-state index in [1.165, 1.54) is 0 Å². The van der Waals surface area contributed by atoms with E-state index in [0.717, 1.165) is 24.1 Å². The summed E-state index contributed by atoms with van der Waals surface area (Å²) in [6, 6.07) is 9.22. The van der Waals surface area contributed by atoms with Crippen LogP contribution in [0.15, 0.2) is 41.1 Å². The third-order valence-electron chi connectivity index (χ3n) is 3.97. The van der Waals surface area contributed by atoms with Crippen LogP contribution in [-0.2, 0) is 4.79 Å². The average molecular weight is 322 g/mol. The molecular formula is C16H16ClNO2S. The van der Waals surface area contributed by atoms with Gasteiger partial charge < -0.3 is 5.11 Å². The third-order valence-corrected chi connectivity index (χ3v) is 5.02. The zero-order chi connectivity index (χ0) is 14.8. The molecule has 1 aromatic heterocycles. The summed E-state index contributed by atoms with van der Waals surface area (Å²) in [6.07, 6.45) is 1.60. The van der Waals surface area contributed by atoms with Gasteiger partial charge in [0.1, 0.15) is 6.04 Å². The van der Waals surface area contributed by atoms with Crippen LogP contribution in [0.5, 0.6) is 0 Å². The van der Waals surface area contributed by atoms with Gasteiger partial charge in [0.05, 0.1) is 6.04 Å². The van der Waals surface area contributed by atoms with E-state index in [-0.39, 0.29) is 6.04 Å². The maximum absolute atomic E-state index is 11.5. The molecule has 0 amide bonds. The minimum absolute atomic E-state index is 0.0893. The zero-order valence-corrected chi connectivity index (χ0v) is 13.0. The fourth-order valence-electron chi connectivity index (χ4n) is 3.04. The van der Waals surface area contributed by atoms with Crippen LogP contribution in [0.1, 0.15) is 30.0 Å². The predicted molar refractivity (Wildman–Crippen MR) is 85.0 cm³/mol. The zero-order valence-electron chi connectivity index (χ0n) is 11.4. The van der Waals surface area contributed by atoms with Gasteiger partial charge >= 0.3 is 5.97 Å². The normalized spacial score (nSPS) is 20.5. The Kier molecular flexibility index (Phi) is 4.29. The topological polar surface area (TPSA) is 40.5 Å². The van der Waals surface area contributed by atoms with Crippen molar-refractivity contribution in [3.8, 4) is 0 Å². The lowest BCUT2D eigenvalue weighted by Gasteiger charge is -2.31. The summed E-state index contributed by atoms with van der Waals surface area (Å²) >= 11 is 7.99. The smallest absolute Gasteiger partial charge is 0.320 e. The standard InChI is InChI=1S/C16H16ClNO2S/c17-13-5-2-1-4-12(13)15(11-7-9-21-10-11)18-8-3-6-14(18)16(19)20/h1-2,4-5,7,9-10,14-15H,3,6,8H2,(H,19,20). The molecule has 0 spiro atoms. The molecule has 3 nitrogen and oxygen atoms in total. The van der Waals surface area contributed by atoms with Gasteiger partial charge in [-0.2, -0.15) is 11.3 Å². The number of carboxylic acids is 1. The van der Waals surface area contributed by atoms with Crippen molar-refractivity contribution in [1.82, 2.24) is 4.90 Å². The predicted octanol–water partition coefficient (Wildman–Crippen LogP) is 4.04. The molecule has 1 fully saturated rings. The van der Waals surface area contributed by atoms with Crippen molar-refractivity contribution in [3.63, 3.8) is 0 Å². The Hall–Kier alpha value is -1.36. The molecule has 110 valence electrons. The summed E-state index contributed by atoms with van der Waals surface area (Å²) in [5.74, 6) is -0.750. The molecule has 3 rings (SSSR count). The van der Waals surface area contributed by atoms with Crippen LogP contribution in [0.4, 0.5) is 0 Å². The van der Waals surface area contributed by atoms with Crippen molar-refractivity contribution in [2.75, 3.05) is 6.54 Å². The fraction of sp³-hybridized carbons (Fsp3) is 0.312. The molecular weight excluding hydrogens is 306 g/mol. The first-order chi connectivity index (χ1) is 10.2. The monoisotopic (exact) mass is 321 g/mol. The molecule has 2 atom stereocenters. The van der Waals surface area contributed by atoms with Gasteiger partial charge in [-0.05, 0) is 46.9 Å². The van der Waals surface area contributed by atoms with Crippen LogP contribution in [0.25, 0.3) is 0 Å². The van der Waals surface area contributed by atoms with Crippen LogP contribution in [0.2, 0.25) is 5.02 Å².